The molecule has 1 aliphatic heterocycles. The first-order valence-electron chi connectivity index (χ1n) is 16.2. The number of esters is 1. The summed E-state index contributed by atoms with van der Waals surface area (Å²) in [4.78, 5) is 86.7. The van der Waals surface area contributed by atoms with E-state index in [1.807, 2.05) is 0 Å². The molecule has 1 unspecified atom stereocenters. The molecule has 1 heterocycles. The Balaban J connectivity index is 1.90. The molecule has 1 aromatic carbocycles. The Bertz CT molecular complexity index is 1340. The van der Waals surface area contributed by atoms with Crippen molar-refractivity contribution in [2.24, 2.45) is 23.0 Å². The summed E-state index contributed by atoms with van der Waals surface area (Å²) in [5.41, 5.74) is 5.73. The van der Waals surface area contributed by atoms with Crippen molar-refractivity contribution >= 4 is 47.1 Å². The first-order chi connectivity index (χ1) is 23.1. The van der Waals surface area contributed by atoms with Crippen LogP contribution >= 0.6 is 0 Å². The number of primary amides is 1. The van der Waals surface area contributed by atoms with Crippen LogP contribution in [0.4, 0.5) is 10.5 Å². The average molecular weight is 688 g/mol. The summed E-state index contributed by atoms with van der Waals surface area (Å²) in [6.45, 7) is 9.21. The minimum Gasteiger partial charge on any atom is -0.460 e. The minimum atomic E-state index is -0.884. The second-order valence-electron chi connectivity index (χ2n) is 12.9. The molecule has 1 aliphatic rings. The quantitative estimate of drug-likeness (QED) is 0.0836. The van der Waals surface area contributed by atoms with E-state index in [0.717, 1.165) is 10.5 Å². The summed E-state index contributed by atoms with van der Waals surface area (Å²) in [7, 11) is 0. The molecule has 49 heavy (non-hydrogen) atoms. The molecule has 270 valence electrons. The summed E-state index contributed by atoms with van der Waals surface area (Å²) >= 11 is 0. The predicted octanol–water partition coefficient (Wildman–Crippen LogP) is 1.84. The highest BCUT2D eigenvalue weighted by Gasteiger charge is 2.30. The number of ketones is 1. The molecule has 0 radical (unpaired) electrons. The number of anilines is 1. The number of nitrogens with two attached hydrogens (primary N) is 1. The molecule has 0 bridgehead atoms. The summed E-state index contributed by atoms with van der Waals surface area (Å²) < 4.78 is 16.0. The van der Waals surface area contributed by atoms with Gasteiger partial charge < -0.3 is 35.9 Å². The Labute approximate surface area is 286 Å². The van der Waals surface area contributed by atoms with E-state index in [9.17, 15) is 33.6 Å². The van der Waals surface area contributed by atoms with Crippen LogP contribution in [0.1, 0.15) is 59.4 Å². The minimum absolute atomic E-state index is 0.0679. The van der Waals surface area contributed by atoms with Gasteiger partial charge in [-0.2, -0.15) is 0 Å². The number of carbonyl (C=O) groups excluding carboxylic acids is 7. The highest BCUT2D eigenvalue weighted by Crippen LogP contribution is 2.20. The molecule has 0 aromatic heterocycles. The van der Waals surface area contributed by atoms with Crippen molar-refractivity contribution in [3.63, 3.8) is 0 Å². The van der Waals surface area contributed by atoms with E-state index in [-0.39, 0.29) is 76.6 Å². The van der Waals surface area contributed by atoms with Crippen LogP contribution in [0.5, 0.6) is 0 Å². The van der Waals surface area contributed by atoms with Gasteiger partial charge in [0.15, 0.2) is 5.78 Å². The van der Waals surface area contributed by atoms with Gasteiger partial charge in [0.05, 0.1) is 37.8 Å². The van der Waals surface area contributed by atoms with Gasteiger partial charge >= 0.3 is 12.0 Å². The standard InChI is InChI=1S/C34H49N5O10/c1-22(2)30(38-27(41)21-48-18-17-47-16-15-39-28(42)12-13-29(39)43)26(40)19-24(7-6-14-36-33(35)46)31(44)37-25-10-8-23(9-11-25)20-49-32(45)34(3,4)5/h8-13,22,24,30H,6-7,14-21H2,1-5H3,(H,37,44)(H,38,41)(H3,35,36,46)/t24-,30?/m1/s1. The molecule has 2 rings (SSSR count). The smallest absolute Gasteiger partial charge is 0.312 e. The van der Waals surface area contributed by atoms with Gasteiger partial charge in [-0.05, 0) is 57.2 Å². The molecule has 0 saturated carbocycles. The Morgan fingerprint density at radius 3 is 2.14 bits per heavy atom. The van der Waals surface area contributed by atoms with Gasteiger partial charge in [-0.25, -0.2) is 4.79 Å². The van der Waals surface area contributed by atoms with E-state index in [0.29, 0.717) is 12.1 Å². The van der Waals surface area contributed by atoms with E-state index < -0.39 is 47.0 Å². The maximum Gasteiger partial charge on any atom is 0.312 e. The van der Waals surface area contributed by atoms with Crippen molar-refractivity contribution in [2.75, 3.05) is 44.8 Å². The lowest BCUT2D eigenvalue weighted by atomic mass is 9.89. The third kappa shape index (κ3) is 15.0. The van der Waals surface area contributed by atoms with E-state index in [4.69, 9.17) is 19.9 Å². The zero-order valence-electron chi connectivity index (χ0n) is 28.9. The number of urea groups is 1. The molecule has 2 atom stereocenters. The van der Waals surface area contributed by atoms with Crippen molar-refractivity contribution in [3.05, 3.63) is 42.0 Å². The lowest BCUT2D eigenvalue weighted by Gasteiger charge is -2.24. The van der Waals surface area contributed by atoms with E-state index in [1.165, 1.54) is 12.2 Å². The van der Waals surface area contributed by atoms with Gasteiger partial charge in [0.1, 0.15) is 13.2 Å². The Hall–Kier alpha value is -4.63. The number of carbonyl (C=O) groups is 7. The van der Waals surface area contributed by atoms with Gasteiger partial charge in [-0.15, -0.1) is 0 Å². The van der Waals surface area contributed by atoms with Crippen molar-refractivity contribution in [2.45, 2.75) is 66.5 Å². The lowest BCUT2D eigenvalue weighted by Crippen LogP contribution is -2.47. The SMILES string of the molecule is CC(C)C(NC(=O)COCCOCCN1C(=O)C=CC1=O)C(=O)C[C@@H](CCCNC(N)=O)C(=O)Nc1ccc(COC(=O)C(C)(C)C)cc1. The zero-order chi connectivity index (χ0) is 36.6. The molecule has 0 saturated heterocycles. The molecule has 15 nitrogen and oxygen atoms in total. The van der Waals surface area contributed by atoms with Crippen molar-refractivity contribution < 1.29 is 47.8 Å². The highest BCUT2D eigenvalue weighted by molar-refractivity contribution is 6.12. The predicted molar refractivity (Wildman–Crippen MR) is 179 cm³/mol. The van der Waals surface area contributed by atoms with Crippen LogP contribution in [-0.4, -0.2) is 91.9 Å². The van der Waals surface area contributed by atoms with Crippen molar-refractivity contribution in [3.8, 4) is 0 Å². The lowest BCUT2D eigenvalue weighted by molar-refractivity contribution is -0.154. The number of amides is 6. The van der Waals surface area contributed by atoms with E-state index in [2.05, 4.69) is 16.0 Å². The van der Waals surface area contributed by atoms with E-state index >= 15 is 0 Å². The fourth-order valence-electron chi connectivity index (χ4n) is 4.58. The molecule has 0 aliphatic carbocycles. The van der Waals surface area contributed by atoms with Crippen LogP contribution in [0.15, 0.2) is 36.4 Å². The Morgan fingerprint density at radius 1 is 0.918 bits per heavy atom. The molecular formula is C34H49N5O10. The first kappa shape index (κ1) is 40.5. The number of benzene rings is 1. The maximum absolute atomic E-state index is 13.4. The van der Waals surface area contributed by atoms with Crippen molar-refractivity contribution in [1.29, 1.82) is 0 Å². The van der Waals surface area contributed by atoms with Crippen LogP contribution in [0.25, 0.3) is 0 Å². The van der Waals surface area contributed by atoms with Gasteiger partial charge in [-0.1, -0.05) is 26.0 Å². The van der Waals surface area contributed by atoms with Crippen LogP contribution < -0.4 is 21.7 Å². The zero-order valence-corrected chi connectivity index (χ0v) is 28.9. The maximum atomic E-state index is 13.4. The summed E-state index contributed by atoms with van der Waals surface area (Å²) in [5, 5.41) is 7.99. The summed E-state index contributed by atoms with van der Waals surface area (Å²) in [5.74, 6) is -3.46. The number of nitrogens with one attached hydrogen (secondary N) is 3. The highest BCUT2D eigenvalue weighted by atomic mass is 16.5. The van der Waals surface area contributed by atoms with Crippen LogP contribution in [0.2, 0.25) is 0 Å². The second-order valence-corrected chi connectivity index (χ2v) is 12.9. The van der Waals surface area contributed by atoms with Gasteiger partial charge in [-0.3, -0.25) is 33.7 Å². The number of Topliss-reactive ketones (excluding diaryl/α,β-unsaturated/α-hetero) is 1. The molecule has 15 heteroatoms. The third-order valence-corrected chi connectivity index (χ3v) is 7.35. The number of nitrogens with zero attached hydrogens (tertiary/aromatic N) is 1. The summed E-state index contributed by atoms with van der Waals surface area (Å²) in [6, 6.07) is 5.19. The van der Waals surface area contributed by atoms with Gasteiger partial charge in [0, 0.05) is 36.7 Å². The Kier molecular flexibility index (Phi) is 16.6. The van der Waals surface area contributed by atoms with Crippen LogP contribution in [-0.2, 0) is 49.6 Å². The first-order valence-corrected chi connectivity index (χ1v) is 16.2. The molecule has 0 fully saturated rings. The van der Waals surface area contributed by atoms with Gasteiger partial charge in [0.25, 0.3) is 11.8 Å². The fraction of sp³-hybridized carbons (Fsp3) is 0.559. The largest absolute Gasteiger partial charge is 0.460 e. The molecule has 5 N–H and O–H groups in total. The van der Waals surface area contributed by atoms with Crippen LogP contribution in [0.3, 0.4) is 0 Å². The number of hydrogen-bond donors (Lipinski definition) is 4. The fourth-order valence-corrected chi connectivity index (χ4v) is 4.58. The monoisotopic (exact) mass is 687 g/mol. The molecule has 0 spiro atoms. The number of ether oxygens (including phenoxy) is 3. The number of hydrogen-bond acceptors (Lipinski definition) is 10. The second kappa shape index (κ2) is 20.0. The van der Waals surface area contributed by atoms with Crippen LogP contribution in [0, 0.1) is 17.3 Å². The molecular weight excluding hydrogens is 638 g/mol. The Morgan fingerprint density at radius 2 is 1.55 bits per heavy atom. The molecule has 6 amide bonds. The number of imide groups is 1. The van der Waals surface area contributed by atoms with Gasteiger partial charge in [0.2, 0.25) is 11.8 Å². The topological polar surface area (TPSA) is 213 Å². The number of rotatable bonds is 21. The summed E-state index contributed by atoms with van der Waals surface area (Å²) in [6.07, 6.45) is 2.85. The normalized spacial score (nSPS) is 14.0. The average Bonchev–Trinajstić information content (AvgIpc) is 3.35. The third-order valence-electron chi connectivity index (χ3n) is 7.35. The van der Waals surface area contributed by atoms with E-state index in [1.54, 1.807) is 58.9 Å². The molecule has 1 aromatic rings. The van der Waals surface area contributed by atoms with Crippen molar-refractivity contribution in [1.82, 2.24) is 15.5 Å².